The molecule has 0 heterocycles. The van der Waals surface area contributed by atoms with Crippen LogP contribution in [-0.4, -0.2) is 99.5 Å². The maximum absolute atomic E-state index is 13.3. The highest BCUT2D eigenvalue weighted by molar-refractivity contribution is 5.77. The Bertz CT molecular complexity index is 1490. The molecule has 28 heteroatoms. The fourth-order valence-electron chi connectivity index (χ4n) is 7.94. The first-order valence-corrected chi connectivity index (χ1v) is 18.2. The van der Waals surface area contributed by atoms with Gasteiger partial charge in [0.05, 0.1) is 5.41 Å². The predicted molar refractivity (Wildman–Crippen MR) is 165 cm³/mol. The molecule has 2 bridgehead atoms. The Hall–Kier alpha value is -2.65. The number of ether oxygens (including phenoxy) is 2. The molecule has 0 spiro atoms. The van der Waals surface area contributed by atoms with E-state index in [1.165, 1.54) is 0 Å². The summed E-state index contributed by atoms with van der Waals surface area (Å²) in [5.41, 5.74) is -21.0. The van der Waals surface area contributed by atoms with Gasteiger partial charge in [-0.1, -0.05) is 13.8 Å². The van der Waals surface area contributed by atoms with Gasteiger partial charge in [0.2, 0.25) is 0 Å². The molecule has 62 heavy (non-hydrogen) atoms. The molecule has 366 valence electrons. The van der Waals surface area contributed by atoms with Gasteiger partial charge in [0.1, 0.15) is 12.2 Å². The van der Waals surface area contributed by atoms with E-state index in [4.69, 9.17) is 4.74 Å². The van der Waals surface area contributed by atoms with Crippen LogP contribution >= 0.6 is 0 Å². The Labute approximate surface area is 337 Å². The van der Waals surface area contributed by atoms with Crippen molar-refractivity contribution < 1.29 is 127 Å². The van der Waals surface area contributed by atoms with Gasteiger partial charge in [-0.05, 0) is 84.0 Å². The van der Waals surface area contributed by atoms with Gasteiger partial charge in [-0.15, -0.1) is 0 Å². The van der Waals surface area contributed by atoms with Crippen molar-refractivity contribution in [3.05, 3.63) is 0 Å². The fourth-order valence-corrected chi connectivity index (χ4v) is 7.94. The van der Waals surface area contributed by atoms with E-state index in [0.717, 1.165) is 6.92 Å². The summed E-state index contributed by atoms with van der Waals surface area (Å²) >= 11 is 0. The Morgan fingerprint density at radius 1 is 0.452 bits per heavy atom. The van der Waals surface area contributed by atoms with E-state index in [-0.39, 0.29) is 19.8 Å². The topological polar surface area (TPSA) is 113 Å². The molecular weight excluding hydrogens is 919 g/mol. The summed E-state index contributed by atoms with van der Waals surface area (Å²) in [5.74, 6) is -13.8. The van der Waals surface area contributed by atoms with Crippen molar-refractivity contribution in [3.63, 3.8) is 0 Å². The van der Waals surface area contributed by atoms with Crippen LogP contribution in [0.3, 0.4) is 0 Å². The second-order valence-electron chi connectivity index (χ2n) is 16.6. The van der Waals surface area contributed by atoms with E-state index in [0.29, 0.717) is 6.42 Å². The molecule has 3 aliphatic carbocycles. The SMILES string of the molecule is CCC(C)(C(=O)OC1CC(C(O)(C(F)(F)F)C(F)(F)F)CC(C(O)(C(F)(F)F)C(F)(F)F)C1)C(F)(F)F.CCC(C)(C)C(=O)OC1CC2CC1CC2C(O)(C(F)(F)F)C(F)(F)F. The van der Waals surface area contributed by atoms with Crippen molar-refractivity contribution >= 4 is 11.9 Å². The normalized spacial score (nSPS) is 27.3. The average Bonchev–Trinajstić information content (AvgIpc) is 3.67. The number of hydrogen-bond acceptors (Lipinski definition) is 7. The molecule has 7 atom stereocenters. The molecule has 0 radical (unpaired) electrons. The Morgan fingerprint density at radius 3 is 1.10 bits per heavy atom. The minimum atomic E-state index is -6.77. The van der Waals surface area contributed by atoms with Crippen LogP contribution < -0.4 is 0 Å². The summed E-state index contributed by atoms with van der Waals surface area (Å²) in [5, 5.41) is 28.7. The number of carbonyl (C=O) groups excluding carboxylic acids is 2. The summed E-state index contributed by atoms with van der Waals surface area (Å²) < 4.78 is 288. The van der Waals surface area contributed by atoms with Gasteiger partial charge in [-0.3, -0.25) is 9.59 Å². The molecule has 0 amide bonds. The van der Waals surface area contributed by atoms with Gasteiger partial charge in [-0.25, -0.2) is 0 Å². The van der Waals surface area contributed by atoms with Crippen molar-refractivity contribution in [3.8, 4) is 0 Å². The summed E-state index contributed by atoms with van der Waals surface area (Å²) in [7, 11) is 0. The number of hydrogen-bond donors (Lipinski definition) is 3. The smallest absolute Gasteiger partial charge is 0.426 e. The first kappa shape index (κ1) is 55.5. The van der Waals surface area contributed by atoms with E-state index in [1.807, 2.05) is 0 Å². The molecule has 0 aromatic rings. The summed E-state index contributed by atoms with van der Waals surface area (Å²) in [6.07, 6.45) is -55.2. The van der Waals surface area contributed by atoms with E-state index in [9.17, 15) is 117 Å². The monoisotopic (exact) mass is 960 g/mol. The molecule has 0 aromatic heterocycles. The molecule has 3 saturated carbocycles. The van der Waals surface area contributed by atoms with E-state index in [2.05, 4.69) is 4.74 Å². The van der Waals surface area contributed by atoms with Crippen LogP contribution in [0.25, 0.3) is 0 Å². The van der Waals surface area contributed by atoms with Crippen molar-refractivity contribution in [2.24, 2.45) is 40.4 Å². The van der Waals surface area contributed by atoms with Crippen LogP contribution in [-0.2, 0) is 19.1 Å². The van der Waals surface area contributed by atoms with Crippen molar-refractivity contribution in [1.29, 1.82) is 0 Å². The first-order valence-electron chi connectivity index (χ1n) is 18.2. The van der Waals surface area contributed by atoms with E-state index in [1.54, 1.807) is 20.8 Å². The molecule has 3 rings (SSSR count). The summed E-state index contributed by atoms with van der Waals surface area (Å²) in [6, 6.07) is 0. The van der Waals surface area contributed by atoms with Gasteiger partial charge in [-0.2, -0.15) is 92.2 Å². The highest BCUT2D eigenvalue weighted by Gasteiger charge is 2.79. The number of fused-ring (bicyclic) bond motifs is 2. The zero-order chi connectivity index (χ0) is 49.3. The third-order valence-corrected chi connectivity index (χ3v) is 12.5. The number of carbonyl (C=O) groups is 2. The lowest BCUT2D eigenvalue weighted by atomic mass is 9.65. The number of halogens is 21. The first-order chi connectivity index (χ1) is 27.2. The van der Waals surface area contributed by atoms with Gasteiger partial charge < -0.3 is 24.8 Å². The van der Waals surface area contributed by atoms with E-state index >= 15 is 0 Å². The van der Waals surface area contributed by atoms with Crippen molar-refractivity contribution in [1.82, 2.24) is 0 Å². The maximum atomic E-state index is 13.3. The highest BCUT2D eigenvalue weighted by atomic mass is 19.4. The van der Waals surface area contributed by atoms with Gasteiger partial charge in [0.15, 0.2) is 5.41 Å². The molecule has 3 aliphatic rings. The number of alkyl halides is 21. The largest absolute Gasteiger partial charge is 0.462 e. The van der Waals surface area contributed by atoms with Crippen LogP contribution in [0.2, 0.25) is 0 Å². The molecule has 0 aromatic carbocycles. The summed E-state index contributed by atoms with van der Waals surface area (Å²) in [6.45, 7) is 6.01. The molecule has 7 unspecified atom stereocenters. The van der Waals surface area contributed by atoms with Gasteiger partial charge in [0, 0.05) is 17.8 Å². The molecular formula is C34H41F21O7. The molecule has 3 N–H and O–H groups in total. The highest BCUT2D eigenvalue weighted by Crippen LogP contribution is 2.61. The average molecular weight is 961 g/mol. The fraction of sp³-hybridized carbons (Fsp3) is 0.941. The van der Waals surface area contributed by atoms with Crippen LogP contribution in [0.5, 0.6) is 0 Å². The molecule has 0 aliphatic heterocycles. The zero-order valence-electron chi connectivity index (χ0n) is 32.6. The lowest BCUT2D eigenvalue weighted by Gasteiger charge is -2.48. The predicted octanol–water partition coefficient (Wildman–Crippen LogP) is 10.2. The Morgan fingerprint density at radius 2 is 0.823 bits per heavy atom. The van der Waals surface area contributed by atoms with E-state index < -0.39 is 157 Å². The summed E-state index contributed by atoms with van der Waals surface area (Å²) in [4.78, 5) is 24.2. The van der Waals surface area contributed by atoms with Crippen LogP contribution in [0.1, 0.15) is 86.0 Å². The molecule has 7 nitrogen and oxygen atoms in total. The third kappa shape index (κ3) is 9.80. The number of rotatable bonds is 9. The van der Waals surface area contributed by atoms with Crippen molar-refractivity contribution in [2.45, 2.75) is 158 Å². The van der Waals surface area contributed by atoms with Crippen LogP contribution in [0, 0.1) is 40.4 Å². The third-order valence-electron chi connectivity index (χ3n) is 12.5. The van der Waals surface area contributed by atoms with Gasteiger partial charge >= 0.3 is 55.2 Å². The Balaban J connectivity index is 0.000000458. The zero-order valence-corrected chi connectivity index (χ0v) is 32.6. The van der Waals surface area contributed by atoms with Crippen LogP contribution in [0.4, 0.5) is 92.2 Å². The number of esters is 2. The maximum Gasteiger partial charge on any atom is 0.426 e. The standard InChI is InChI=1S/C18H19F15O4.C16H22F6O3/c1-3-11(2,14(19,20)21)10(34)37-9-5-7(12(35,15(22,23)24)16(25,26)27)4-8(6-9)13(36,17(28,29)30)18(31,32)33;1-4-13(2,3)12(23)25-11-7-8-5-9(11)6-10(8)14(24,15(17,18)19)16(20,21)22/h7-9,35-36H,3-6H2,1-2H3;8-11,24H,4-7H2,1-3H3. The second-order valence-corrected chi connectivity index (χ2v) is 16.6. The quantitative estimate of drug-likeness (QED) is 0.156. The second kappa shape index (κ2) is 17.0. The lowest BCUT2D eigenvalue weighted by Crippen LogP contribution is -2.67. The molecule has 0 saturated heterocycles. The minimum Gasteiger partial charge on any atom is -0.462 e. The van der Waals surface area contributed by atoms with Crippen molar-refractivity contribution in [2.75, 3.05) is 0 Å². The Kier molecular flexibility index (Phi) is 15.2. The lowest BCUT2D eigenvalue weighted by molar-refractivity contribution is -0.405. The van der Waals surface area contributed by atoms with Crippen LogP contribution in [0.15, 0.2) is 0 Å². The number of aliphatic hydroxyl groups is 3. The van der Waals surface area contributed by atoms with Gasteiger partial charge in [0.25, 0.3) is 16.8 Å². The molecule has 3 fully saturated rings. The minimum absolute atomic E-state index is 0.0869.